The molecule has 0 aliphatic heterocycles. The van der Waals surface area contributed by atoms with Gasteiger partial charge in [-0.2, -0.15) is 0 Å². The van der Waals surface area contributed by atoms with E-state index < -0.39 is 5.60 Å². The van der Waals surface area contributed by atoms with Gasteiger partial charge in [0.05, 0.1) is 11.7 Å². The van der Waals surface area contributed by atoms with E-state index in [2.05, 4.69) is 30.5 Å². The van der Waals surface area contributed by atoms with Gasteiger partial charge in [-0.05, 0) is 84.5 Å². The van der Waals surface area contributed by atoms with E-state index in [1.165, 1.54) is 5.57 Å². The number of nitrogens with one attached hydrogen (secondary N) is 1. The Labute approximate surface area is 184 Å². The van der Waals surface area contributed by atoms with Gasteiger partial charge >= 0.3 is 0 Å². The normalized spacial score (nSPS) is 28.4. The lowest BCUT2D eigenvalue weighted by Gasteiger charge is -2.22. The van der Waals surface area contributed by atoms with Crippen molar-refractivity contribution in [3.8, 4) is 0 Å². The monoisotopic (exact) mass is 419 g/mol. The summed E-state index contributed by atoms with van der Waals surface area (Å²) in [5, 5.41) is 24.0. The van der Waals surface area contributed by atoms with E-state index in [-0.39, 0.29) is 23.5 Å². The lowest BCUT2D eigenvalue weighted by Crippen LogP contribution is -2.40. The molecule has 2 rings (SSSR count). The van der Waals surface area contributed by atoms with E-state index >= 15 is 0 Å². The van der Waals surface area contributed by atoms with Crippen LogP contribution in [-0.4, -0.2) is 33.4 Å². The van der Waals surface area contributed by atoms with Crippen molar-refractivity contribution in [3.63, 3.8) is 0 Å². The minimum Gasteiger partial charge on any atom is -0.392 e. The molecule has 0 bridgehead atoms. The van der Waals surface area contributed by atoms with Crippen LogP contribution in [0.1, 0.15) is 98.8 Å². The van der Waals surface area contributed by atoms with Crippen LogP contribution in [-0.2, 0) is 4.79 Å². The molecule has 3 N–H and O–H groups in total. The molecule has 4 nitrogen and oxygen atoms in total. The van der Waals surface area contributed by atoms with Gasteiger partial charge in [0.25, 0.3) is 0 Å². The first-order valence-electron chi connectivity index (χ1n) is 12.1. The molecular formula is C26H45NO3. The van der Waals surface area contributed by atoms with Gasteiger partial charge in [0.1, 0.15) is 0 Å². The van der Waals surface area contributed by atoms with E-state index in [4.69, 9.17) is 0 Å². The molecule has 0 radical (unpaired) electrons. The van der Waals surface area contributed by atoms with E-state index in [0.29, 0.717) is 24.7 Å². The van der Waals surface area contributed by atoms with Crippen molar-refractivity contribution in [1.82, 2.24) is 5.32 Å². The van der Waals surface area contributed by atoms with Crippen molar-refractivity contribution in [1.29, 1.82) is 0 Å². The fourth-order valence-corrected chi connectivity index (χ4v) is 5.05. The highest BCUT2D eigenvalue weighted by molar-refractivity contribution is 5.76. The number of unbranched alkanes of at least 4 members (excludes halogenated alkanes) is 2. The molecule has 2 aliphatic rings. The van der Waals surface area contributed by atoms with Gasteiger partial charge in [0, 0.05) is 17.9 Å². The Hall–Kier alpha value is -1.13. The highest BCUT2D eigenvalue weighted by atomic mass is 16.3. The Morgan fingerprint density at radius 3 is 2.63 bits per heavy atom. The van der Waals surface area contributed by atoms with Crippen LogP contribution in [0.5, 0.6) is 0 Å². The molecule has 4 heteroatoms. The van der Waals surface area contributed by atoms with Crippen LogP contribution >= 0.6 is 0 Å². The number of aliphatic hydroxyl groups is 2. The Bertz CT molecular complexity index is 614. The second-order valence-electron chi connectivity index (χ2n) is 11.0. The summed E-state index contributed by atoms with van der Waals surface area (Å²) >= 11 is 0. The number of carbonyl (C=O) groups is 1. The van der Waals surface area contributed by atoms with Crippen molar-refractivity contribution in [2.75, 3.05) is 0 Å². The quantitative estimate of drug-likeness (QED) is 0.315. The number of allylic oxidation sites excluding steroid dienone is 2. The summed E-state index contributed by atoms with van der Waals surface area (Å²) in [5.74, 6) is 1.32. The zero-order valence-electron chi connectivity index (χ0n) is 19.9. The summed E-state index contributed by atoms with van der Waals surface area (Å²) in [5.41, 5.74) is 0.699. The van der Waals surface area contributed by atoms with Gasteiger partial charge in [-0.15, -0.1) is 0 Å². The van der Waals surface area contributed by atoms with Crippen molar-refractivity contribution in [3.05, 3.63) is 23.8 Å². The van der Waals surface area contributed by atoms with Gasteiger partial charge in [0.2, 0.25) is 5.91 Å². The molecule has 0 aromatic heterocycles. The Morgan fingerprint density at radius 1 is 1.23 bits per heavy atom. The number of hydrogen-bond donors (Lipinski definition) is 3. The van der Waals surface area contributed by atoms with Crippen LogP contribution in [0.25, 0.3) is 0 Å². The van der Waals surface area contributed by atoms with Crippen LogP contribution in [0.4, 0.5) is 0 Å². The molecule has 0 unspecified atom stereocenters. The minimum absolute atomic E-state index is 0.142. The first-order valence-corrected chi connectivity index (χ1v) is 12.1. The third-order valence-electron chi connectivity index (χ3n) is 6.60. The molecule has 1 saturated carbocycles. The molecule has 1 fully saturated rings. The molecule has 30 heavy (non-hydrogen) atoms. The van der Waals surface area contributed by atoms with Crippen molar-refractivity contribution in [2.24, 2.45) is 17.8 Å². The summed E-state index contributed by atoms with van der Waals surface area (Å²) < 4.78 is 0. The van der Waals surface area contributed by atoms with Crippen LogP contribution in [0.3, 0.4) is 0 Å². The van der Waals surface area contributed by atoms with Crippen LogP contribution in [0, 0.1) is 17.8 Å². The summed E-state index contributed by atoms with van der Waals surface area (Å²) in [6, 6.07) is 0. The molecule has 5 atom stereocenters. The lowest BCUT2D eigenvalue weighted by molar-refractivity contribution is -0.122. The average molecular weight is 420 g/mol. The summed E-state index contributed by atoms with van der Waals surface area (Å²) in [4.78, 5) is 11.9. The summed E-state index contributed by atoms with van der Waals surface area (Å²) in [7, 11) is 0. The number of hydrogen-bond acceptors (Lipinski definition) is 3. The third kappa shape index (κ3) is 8.19. The Kier molecular flexibility index (Phi) is 9.17. The van der Waals surface area contributed by atoms with Crippen molar-refractivity contribution < 1.29 is 15.0 Å². The van der Waals surface area contributed by atoms with Gasteiger partial charge in [-0.3, -0.25) is 4.79 Å². The first kappa shape index (κ1) is 25.1. The third-order valence-corrected chi connectivity index (χ3v) is 6.60. The molecule has 0 aromatic carbocycles. The molecule has 0 aromatic rings. The minimum atomic E-state index is -0.645. The average Bonchev–Trinajstić information content (AvgIpc) is 3.13. The van der Waals surface area contributed by atoms with Gasteiger partial charge in [0.15, 0.2) is 0 Å². The fourth-order valence-electron chi connectivity index (χ4n) is 5.05. The molecular weight excluding hydrogens is 374 g/mol. The Morgan fingerprint density at radius 2 is 1.97 bits per heavy atom. The summed E-state index contributed by atoms with van der Waals surface area (Å²) in [6.45, 7) is 10.1. The smallest absolute Gasteiger partial charge is 0.220 e. The van der Waals surface area contributed by atoms with Crippen LogP contribution in [0.2, 0.25) is 0 Å². The zero-order chi connectivity index (χ0) is 22.4. The maximum Gasteiger partial charge on any atom is 0.220 e. The van der Waals surface area contributed by atoms with Crippen molar-refractivity contribution in [2.45, 2.75) is 116 Å². The molecule has 172 valence electrons. The first-order chi connectivity index (χ1) is 14.0. The van der Waals surface area contributed by atoms with Crippen LogP contribution in [0.15, 0.2) is 23.8 Å². The summed E-state index contributed by atoms with van der Waals surface area (Å²) in [6.07, 6.45) is 15.6. The van der Waals surface area contributed by atoms with E-state index in [1.807, 2.05) is 27.7 Å². The number of aliphatic hydroxyl groups excluding tert-OH is 1. The number of fused-ring (bicyclic) bond motifs is 1. The van der Waals surface area contributed by atoms with E-state index in [0.717, 1.165) is 51.4 Å². The second-order valence-corrected chi connectivity index (χ2v) is 11.0. The maximum atomic E-state index is 11.9. The topological polar surface area (TPSA) is 69.6 Å². The van der Waals surface area contributed by atoms with Crippen molar-refractivity contribution >= 4 is 5.91 Å². The molecule has 0 saturated heterocycles. The molecule has 0 spiro atoms. The maximum absolute atomic E-state index is 11.9. The largest absolute Gasteiger partial charge is 0.392 e. The standard InChI is InChI=1S/C26H45NO3/c1-6-7-14-26(5,30)15-10-12-21-22-17-19(16-20(22)18-23(21)28)11-8-9-13-24(29)27-25(2,3)4/h10,12,16,20-23,28,30H,6-9,11,13-15,17-18H2,1-5H3,(H,27,29)/b12-10+/t20-,21+,22-,23+,26-/m0/s1. The van der Waals surface area contributed by atoms with Crippen LogP contribution < -0.4 is 5.32 Å². The van der Waals surface area contributed by atoms with Gasteiger partial charge in [-0.25, -0.2) is 0 Å². The molecule has 0 heterocycles. The number of rotatable bonds is 11. The second kappa shape index (κ2) is 10.9. The predicted octanol–water partition coefficient (Wildman–Crippen LogP) is 5.29. The fraction of sp³-hybridized carbons (Fsp3) is 0.808. The zero-order valence-corrected chi connectivity index (χ0v) is 19.9. The highest BCUT2D eigenvalue weighted by Gasteiger charge is 2.43. The number of carbonyl (C=O) groups excluding carboxylic acids is 1. The lowest BCUT2D eigenvalue weighted by atomic mass is 9.87. The molecule has 2 aliphatic carbocycles. The predicted molar refractivity (Wildman–Crippen MR) is 124 cm³/mol. The number of amides is 1. The highest BCUT2D eigenvalue weighted by Crippen LogP contribution is 2.48. The van der Waals surface area contributed by atoms with E-state index in [1.54, 1.807) is 0 Å². The van der Waals surface area contributed by atoms with Gasteiger partial charge in [-0.1, -0.05) is 43.6 Å². The Balaban J connectivity index is 1.75. The van der Waals surface area contributed by atoms with E-state index in [9.17, 15) is 15.0 Å². The SMILES string of the molecule is CCCC[C@](C)(O)C/C=C/[C@@H]1[C@H]2CC(CCCCC(=O)NC(C)(C)C)=C[C@H]2C[C@H]1O. The molecule has 1 amide bonds. The van der Waals surface area contributed by atoms with Gasteiger partial charge < -0.3 is 15.5 Å².